The van der Waals surface area contributed by atoms with E-state index in [1.165, 1.54) is 5.56 Å². The summed E-state index contributed by atoms with van der Waals surface area (Å²) in [4.78, 5) is 7.32. The third-order valence-electron chi connectivity index (χ3n) is 3.43. The number of ether oxygens (including phenoxy) is 2. The average molecular weight is 273 g/mol. The van der Waals surface area contributed by atoms with Crippen molar-refractivity contribution in [2.24, 2.45) is 0 Å². The highest BCUT2D eigenvalue weighted by atomic mass is 16.6. The van der Waals surface area contributed by atoms with Crippen LogP contribution < -0.4 is 14.8 Å². The highest BCUT2D eigenvalue weighted by Gasteiger charge is 2.14. The Morgan fingerprint density at radius 3 is 2.95 bits per heavy atom. The Morgan fingerprint density at radius 1 is 1.30 bits per heavy atom. The molecule has 0 aliphatic carbocycles. The summed E-state index contributed by atoms with van der Waals surface area (Å²) in [5.74, 6) is 2.68. The lowest BCUT2D eigenvalue weighted by Crippen LogP contribution is -2.22. The van der Waals surface area contributed by atoms with Crippen LogP contribution in [0.15, 0.2) is 30.6 Å². The van der Waals surface area contributed by atoms with Gasteiger partial charge in [0.05, 0.1) is 0 Å². The lowest BCUT2D eigenvalue weighted by molar-refractivity contribution is 0.171. The summed E-state index contributed by atoms with van der Waals surface area (Å²) >= 11 is 0. The van der Waals surface area contributed by atoms with Crippen LogP contribution in [0.5, 0.6) is 11.5 Å². The third-order valence-corrected chi connectivity index (χ3v) is 3.43. The van der Waals surface area contributed by atoms with Crippen LogP contribution in [0, 0.1) is 0 Å². The third kappa shape index (κ3) is 2.93. The first-order valence-corrected chi connectivity index (χ1v) is 6.94. The normalized spacial score (nSPS) is 15.1. The maximum atomic E-state index is 5.61. The summed E-state index contributed by atoms with van der Waals surface area (Å²) in [6, 6.07) is 6.38. The van der Waals surface area contributed by atoms with Crippen molar-refractivity contribution in [2.75, 3.05) is 19.8 Å². The van der Waals surface area contributed by atoms with Gasteiger partial charge in [0.2, 0.25) is 0 Å². The second-order valence-corrected chi connectivity index (χ2v) is 4.86. The van der Waals surface area contributed by atoms with Gasteiger partial charge in [-0.25, -0.2) is 4.98 Å². The van der Waals surface area contributed by atoms with E-state index in [1.807, 2.05) is 12.3 Å². The standard InChI is InChI=1S/C15H19N3O2/c1-11(16-5-4-15-17-6-7-18-15)12-2-3-13-14(10-12)20-9-8-19-13/h2-3,6-7,10-11,16H,4-5,8-9H2,1H3,(H,17,18). The molecule has 2 aromatic rings. The van der Waals surface area contributed by atoms with Crippen LogP contribution in [0.2, 0.25) is 0 Å². The summed E-state index contributed by atoms with van der Waals surface area (Å²) < 4.78 is 11.1. The Bertz CT molecular complexity index is 554. The van der Waals surface area contributed by atoms with Crippen LogP contribution in [0.25, 0.3) is 0 Å². The molecule has 1 atom stereocenters. The summed E-state index contributed by atoms with van der Waals surface area (Å²) in [7, 11) is 0. The highest BCUT2D eigenvalue weighted by molar-refractivity contribution is 5.44. The van der Waals surface area contributed by atoms with Crippen LogP contribution in [-0.2, 0) is 6.42 Å². The van der Waals surface area contributed by atoms with Crippen molar-refractivity contribution in [3.8, 4) is 11.5 Å². The molecule has 0 amide bonds. The number of H-pyrrole nitrogens is 1. The minimum absolute atomic E-state index is 0.265. The fourth-order valence-corrected chi connectivity index (χ4v) is 2.29. The molecule has 3 rings (SSSR count). The zero-order chi connectivity index (χ0) is 13.8. The van der Waals surface area contributed by atoms with E-state index in [1.54, 1.807) is 6.20 Å². The molecule has 2 heterocycles. The van der Waals surface area contributed by atoms with Gasteiger partial charge >= 0.3 is 0 Å². The van der Waals surface area contributed by atoms with E-state index in [4.69, 9.17) is 9.47 Å². The smallest absolute Gasteiger partial charge is 0.161 e. The van der Waals surface area contributed by atoms with E-state index >= 15 is 0 Å². The first-order chi connectivity index (χ1) is 9.83. The molecule has 0 bridgehead atoms. The number of rotatable bonds is 5. The van der Waals surface area contributed by atoms with Gasteiger partial charge in [-0.05, 0) is 24.6 Å². The maximum Gasteiger partial charge on any atom is 0.161 e. The van der Waals surface area contributed by atoms with Crippen LogP contribution >= 0.6 is 0 Å². The van der Waals surface area contributed by atoms with Gasteiger partial charge in [0.25, 0.3) is 0 Å². The number of aromatic amines is 1. The van der Waals surface area contributed by atoms with Crippen molar-refractivity contribution in [1.82, 2.24) is 15.3 Å². The van der Waals surface area contributed by atoms with Gasteiger partial charge in [-0.1, -0.05) is 6.07 Å². The molecule has 1 aromatic carbocycles. The molecule has 0 saturated heterocycles. The molecule has 1 unspecified atom stereocenters. The van der Waals surface area contributed by atoms with E-state index in [0.29, 0.717) is 13.2 Å². The van der Waals surface area contributed by atoms with Gasteiger partial charge in [-0.3, -0.25) is 0 Å². The molecule has 0 spiro atoms. The topological polar surface area (TPSA) is 59.2 Å². The van der Waals surface area contributed by atoms with E-state index in [0.717, 1.165) is 30.3 Å². The van der Waals surface area contributed by atoms with Crippen molar-refractivity contribution < 1.29 is 9.47 Å². The monoisotopic (exact) mass is 273 g/mol. The Morgan fingerprint density at radius 2 is 2.15 bits per heavy atom. The Hall–Kier alpha value is -2.01. The predicted octanol–water partition coefficient (Wildman–Crippen LogP) is 2.07. The summed E-state index contributed by atoms with van der Waals surface area (Å²) in [6.07, 6.45) is 4.51. The minimum Gasteiger partial charge on any atom is -0.486 e. The number of nitrogens with one attached hydrogen (secondary N) is 2. The van der Waals surface area contributed by atoms with Crippen LogP contribution in [0.3, 0.4) is 0 Å². The quantitative estimate of drug-likeness (QED) is 0.875. The number of aromatic nitrogens is 2. The van der Waals surface area contributed by atoms with Gasteiger partial charge in [0, 0.05) is 31.4 Å². The van der Waals surface area contributed by atoms with E-state index in [2.05, 4.69) is 34.3 Å². The summed E-state index contributed by atoms with van der Waals surface area (Å²) in [5, 5.41) is 3.49. The second-order valence-electron chi connectivity index (χ2n) is 4.86. The van der Waals surface area contributed by atoms with Crippen LogP contribution in [-0.4, -0.2) is 29.7 Å². The highest BCUT2D eigenvalue weighted by Crippen LogP contribution is 2.32. The SMILES string of the molecule is CC(NCCc1ncc[nH]1)c1ccc2c(c1)OCCO2. The van der Waals surface area contributed by atoms with Crippen molar-refractivity contribution >= 4 is 0 Å². The zero-order valence-electron chi connectivity index (χ0n) is 11.6. The molecule has 106 valence electrons. The first kappa shape index (κ1) is 13.0. The van der Waals surface area contributed by atoms with Gasteiger partial charge in [-0.15, -0.1) is 0 Å². The predicted molar refractivity (Wildman–Crippen MR) is 76.1 cm³/mol. The van der Waals surface area contributed by atoms with E-state index < -0.39 is 0 Å². The molecule has 1 aromatic heterocycles. The lowest BCUT2D eigenvalue weighted by Gasteiger charge is -2.21. The number of hydrogen-bond acceptors (Lipinski definition) is 4. The second kappa shape index (κ2) is 5.96. The molecule has 2 N–H and O–H groups in total. The van der Waals surface area contributed by atoms with E-state index in [9.17, 15) is 0 Å². The number of benzene rings is 1. The average Bonchev–Trinajstić information content (AvgIpc) is 3.00. The lowest BCUT2D eigenvalue weighted by atomic mass is 10.1. The number of fused-ring (bicyclic) bond motifs is 1. The molecule has 5 heteroatoms. The number of imidazole rings is 1. The number of nitrogens with zero attached hydrogens (tertiary/aromatic N) is 1. The van der Waals surface area contributed by atoms with Crippen molar-refractivity contribution in [3.63, 3.8) is 0 Å². The molecule has 1 aliphatic rings. The van der Waals surface area contributed by atoms with Gasteiger partial charge in [-0.2, -0.15) is 0 Å². The molecular weight excluding hydrogens is 254 g/mol. The Balaban J connectivity index is 1.57. The van der Waals surface area contributed by atoms with Crippen LogP contribution in [0.4, 0.5) is 0 Å². The Kier molecular flexibility index (Phi) is 3.87. The van der Waals surface area contributed by atoms with Gasteiger partial charge < -0.3 is 19.8 Å². The minimum atomic E-state index is 0.265. The Labute approximate surface area is 118 Å². The van der Waals surface area contributed by atoms with Crippen LogP contribution in [0.1, 0.15) is 24.4 Å². The maximum absolute atomic E-state index is 5.61. The molecule has 1 aliphatic heterocycles. The number of hydrogen-bond donors (Lipinski definition) is 2. The first-order valence-electron chi connectivity index (χ1n) is 6.94. The summed E-state index contributed by atoms with van der Waals surface area (Å²) in [5.41, 5.74) is 1.20. The largest absolute Gasteiger partial charge is 0.486 e. The van der Waals surface area contributed by atoms with Crippen molar-refractivity contribution in [2.45, 2.75) is 19.4 Å². The van der Waals surface area contributed by atoms with E-state index in [-0.39, 0.29) is 6.04 Å². The molecular formula is C15H19N3O2. The fraction of sp³-hybridized carbons (Fsp3) is 0.400. The van der Waals surface area contributed by atoms with Gasteiger partial charge in [0.1, 0.15) is 19.0 Å². The van der Waals surface area contributed by atoms with Crippen molar-refractivity contribution in [1.29, 1.82) is 0 Å². The summed E-state index contributed by atoms with van der Waals surface area (Å²) in [6.45, 7) is 4.27. The zero-order valence-corrected chi connectivity index (χ0v) is 11.6. The molecule has 5 nitrogen and oxygen atoms in total. The molecule has 0 fully saturated rings. The van der Waals surface area contributed by atoms with Crippen molar-refractivity contribution in [3.05, 3.63) is 42.0 Å². The molecule has 0 saturated carbocycles. The molecule has 20 heavy (non-hydrogen) atoms. The molecule has 0 radical (unpaired) electrons. The van der Waals surface area contributed by atoms with Gasteiger partial charge in [0.15, 0.2) is 11.5 Å². The fourth-order valence-electron chi connectivity index (χ4n) is 2.29.